The minimum atomic E-state index is -1.33. The van der Waals surface area contributed by atoms with Crippen molar-refractivity contribution in [2.75, 3.05) is 26.4 Å². The van der Waals surface area contributed by atoms with Crippen LogP contribution in [0.2, 0.25) is 0 Å². The van der Waals surface area contributed by atoms with Gasteiger partial charge in [0.15, 0.2) is 0 Å². The van der Waals surface area contributed by atoms with Crippen LogP contribution in [-0.4, -0.2) is 47.8 Å². The van der Waals surface area contributed by atoms with E-state index >= 15 is 0 Å². The second-order valence-electron chi connectivity index (χ2n) is 6.16. The van der Waals surface area contributed by atoms with E-state index < -0.39 is 6.09 Å². The van der Waals surface area contributed by atoms with Crippen LogP contribution in [-0.2, 0) is 4.74 Å². The van der Waals surface area contributed by atoms with Crippen LogP contribution in [0.25, 0.3) is 0 Å². The van der Waals surface area contributed by atoms with Crippen LogP contribution < -0.4 is 5.73 Å². The van der Waals surface area contributed by atoms with Gasteiger partial charge in [-0.2, -0.15) is 0 Å². The van der Waals surface area contributed by atoms with Crippen molar-refractivity contribution >= 4 is 6.09 Å². The third kappa shape index (κ3) is 31.4. The molecular weight excluding hydrogens is 322 g/mol. The molecule has 0 aliphatic rings. The van der Waals surface area contributed by atoms with Crippen LogP contribution >= 0.6 is 0 Å². The quantitative estimate of drug-likeness (QED) is 0.393. The number of aliphatic hydroxyl groups excluding tert-OH is 2. The predicted octanol–water partition coefficient (Wildman–Crippen LogP) is 4.03. The molecule has 6 heteroatoms. The minimum Gasteiger partial charge on any atom is -0.465 e. The zero-order valence-corrected chi connectivity index (χ0v) is 16.9. The molecule has 25 heavy (non-hydrogen) atoms. The van der Waals surface area contributed by atoms with Crippen LogP contribution in [0.5, 0.6) is 0 Å². The van der Waals surface area contributed by atoms with Crippen molar-refractivity contribution in [2.24, 2.45) is 17.6 Å². The van der Waals surface area contributed by atoms with Gasteiger partial charge in [-0.3, -0.25) is 0 Å². The number of aliphatic hydroxyl groups is 2. The molecule has 2 unspecified atom stereocenters. The molecule has 0 saturated carbocycles. The summed E-state index contributed by atoms with van der Waals surface area (Å²) in [7, 11) is 0. The van der Waals surface area contributed by atoms with Gasteiger partial charge in [0.1, 0.15) is 0 Å². The third-order valence-electron chi connectivity index (χ3n) is 3.89. The van der Waals surface area contributed by atoms with E-state index in [1.54, 1.807) is 0 Å². The van der Waals surface area contributed by atoms with Crippen LogP contribution in [0.1, 0.15) is 79.1 Å². The lowest BCUT2D eigenvalue weighted by Gasteiger charge is -2.18. The molecule has 0 aromatic carbocycles. The highest BCUT2D eigenvalue weighted by atomic mass is 16.5. The van der Waals surface area contributed by atoms with Gasteiger partial charge in [0, 0.05) is 13.2 Å². The van der Waals surface area contributed by atoms with Crippen molar-refractivity contribution < 1.29 is 24.9 Å². The number of carboxylic acid groups (broad SMARTS) is 1. The van der Waals surface area contributed by atoms with E-state index in [2.05, 4.69) is 33.4 Å². The Morgan fingerprint density at radius 2 is 1.20 bits per heavy atom. The van der Waals surface area contributed by atoms with Gasteiger partial charge < -0.3 is 25.8 Å². The molecule has 0 radical (unpaired) electrons. The van der Waals surface area contributed by atoms with Crippen molar-refractivity contribution in [2.45, 2.75) is 79.1 Å². The molecule has 0 bridgehead atoms. The molecule has 0 heterocycles. The van der Waals surface area contributed by atoms with Gasteiger partial charge in [-0.15, -0.1) is 0 Å². The van der Waals surface area contributed by atoms with E-state index in [1.165, 1.54) is 51.4 Å². The number of hydrogen-bond acceptors (Lipinski definition) is 4. The molecule has 154 valence electrons. The Kier molecular flexibility index (Phi) is 29.4. The van der Waals surface area contributed by atoms with Crippen molar-refractivity contribution in [3.63, 3.8) is 0 Å². The average molecular weight is 366 g/mol. The molecule has 0 aromatic rings. The van der Waals surface area contributed by atoms with E-state index in [-0.39, 0.29) is 13.2 Å². The summed E-state index contributed by atoms with van der Waals surface area (Å²) in [5.74, 6) is 1.58. The van der Waals surface area contributed by atoms with Crippen LogP contribution in [0.4, 0.5) is 4.79 Å². The first-order chi connectivity index (χ1) is 11.9. The zero-order chi connectivity index (χ0) is 19.9. The van der Waals surface area contributed by atoms with Crippen LogP contribution in [0.15, 0.2) is 0 Å². The van der Waals surface area contributed by atoms with E-state index in [4.69, 9.17) is 24.9 Å². The van der Waals surface area contributed by atoms with Crippen molar-refractivity contribution in [1.29, 1.82) is 0 Å². The molecule has 6 nitrogen and oxygen atoms in total. The topological polar surface area (TPSA) is 113 Å². The smallest absolute Gasteiger partial charge is 0.402 e. The SMILES string of the molecule is CCCCC(CC)COCC(CC)CCCC.NC(=O)O.OCCO. The lowest BCUT2D eigenvalue weighted by Crippen LogP contribution is -2.14. The number of carbonyl (C=O) groups is 1. The number of nitrogens with two attached hydrogens (primary N) is 1. The summed E-state index contributed by atoms with van der Waals surface area (Å²) in [6, 6.07) is 0. The second kappa shape index (κ2) is 25.4. The molecule has 0 fully saturated rings. The maximum absolute atomic E-state index is 8.78. The first kappa shape index (κ1) is 28.9. The Bertz CT molecular complexity index is 230. The fraction of sp³-hybridized carbons (Fsp3) is 0.947. The Balaban J connectivity index is -0.000000503. The van der Waals surface area contributed by atoms with Crippen molar-refractivity contribution in [3.8, 4) is 0 Å². The molecule has 0 saturated heterocycles. The predicted molar refractivity (Wildman–Crippen MR) is 104 cm³/mol. The van der Waals surface area contributed by atoms with E-state index in [0.717, 1.165) is 25.0 Å². The summed E-state index contributed by atoms with van der Waals surface area (Å²) in [6.07, 6.45) is 9.23. The van der Waals surface area contributed by atoms with E-state index in [9.17, 15) is 0 Å². The molecule has 5 N–H and O–H groups in total. The molecule has 1 amide bonds. The molecule has 0 aliphatic heterocycles. The third-order valence-corrected chi connectivity index (χ3v) is 3.89. The Labute approximate surface area is 154 Å². The lowest BCUT2D eigenvalue weighted by atomic mass is 9.99. The maximum atomic E-state index is 8.78. The normalized spacial score (nSPS) is 12.2. The second-order valence-corrected chi connectivity index (χ2v) is 6.16. The number of hydrogen-bond donors (Lipinski definition) is 4. The summed E-state index contributed by atoms with van der Waals surface area (Å²) in [5.41, 5.74) is 4.03. The molecule has 0 aliphatic carbocycles. The highest BCUT2D eigenvalue weighted by Crippen LogP contribution is 2.16. The molecule has 2 atom stereocenters. The summed E-state index contributed by atoms with van der Waals surface area (Å²) in [5, 5.41) is 22.4. The monoisotopic (exact) mass is 365 g/mol. The summed E-state index contributed by atoms with van der Waals surface area (Å²) < 4.78 is 5.93. The van der Waals surface area contributed by atoms with Gasteiger partial charge in [-0.05, 0) is 24.7 Å². The first-order valence-electron chi connectivity index (χ1n) is 9.70. The lowest BCUT2D eigenvalue weighted by molar-refractivity contribution is 0.0630. The van der Waals surface area contributed by atoms with Crippen molar-refractivity contribution in [1.82, 2.24) is 0 Å². The van der Waals surface area contributed by atoms with Gasteiger partial charge in [-0.1, -0.05) is 66.2 Å². The Morgan fingerprint density at radius 1 is 0.880 bits per heavy atom. The van der Waals surface area contributed by atoms with Crippen LogP contribution in [0.3, 0.4) is 0 Å². The van der Waals surface area contributed by atoms with Crippen LogP contribution in [0, 0.1) is 11.8 Å². The van der Waals surface area contributed by atoms with Gasteiger partial charge in [0.25, 0.3) is 0 Å². The first-order valence-corrected chi connectivity index (χ1v) is 9.70. The molecular formula is C19H43NO5. The van der Waals surface area contributed by atoms with Gasteiger partial charge in [0.05, 0.1) is 13.2 Å². The number of primary amides is 1. The summed E-state index contributed by atoms with van der Waals surface area (Å²) in [6.45, 7) is 10.8. The van der Waals surface area contributed by atoms with Gasteiger partial charge in [0.2, 0.25) is 0 Å². The average Bonchev–Trinajstić information content (AvgIpc) is 2.60. The Hall–Kier alpha value is -0.850. The largest absolute Gasteiger partial charge is 0.465 e. The highest BCUT2D eigenvalue weighted by Gasteiger charge is 2.09. The standard InChI is InChI=1S/C16H34O.C2H6O2.CH3NO2/c1-5-9-11-15(7-3)13-17-14-16(8-4)12-10-6-2;3-1-2-4;2-1(3)4/h15-16H,5-14H2,1-4H3;3-4H,1-2H2;2H2,(H,3,4). The van der Waals surface area contributed by atoms with E-state index in [1.807, 2.05) is 0 Å². The molecule has 0 rings (SSSR count). The maximum Gasteiger partial charge on any atom is 0.402 e. The fourth-order valence-corrected chi connectivity index (χ4v) is 2.20. The fourth-order valence-electron chi connectivity index (χ4n) is 2.20. The number of unbranched alkanes of at least 4 members (excludes halogenated alkanes) is 2. The number of ether oxygens (including phenoxy) is 1. The van der Waals surface area contributed by atoms with Gasteiger partial charge >= 0.3 is 6.09 Å². The summed E-state index contributed by atoms with van der Waals surface area (Å²) >= 11 is 0. The summed E-state index contributed by atoms with van der Waals surface area (Å²) in [4.78, 5) is 8.78. The van der Waals surface area contributed by atoms with Crippen molar-refractivity contribution in [3.05, 3.63) is 0 Å². The highest BCUT2D eigenvalue weighted by molar-refractivity contribution is 5.61. The molecule has 0 spiro atoms. The number of rotatable bonds is 13. The minimum absolute atomic E-state index is 0.125. The molecule has 0 aromatic heterocycles. The van der Waals surface area contributed by atoms with E-state index in [0.29, 0.717) is 0 Å². The van der Waals surface area contributed by atoms with Gasteiger partial charge in [-0.25, -0.2) is 4.79 Å². The number of amides is 1. The Morgan fingerprint density at radius 3 is 1.40 bits per heavy atom. The zero-order valence-electron chi connectivity index (χ0n) is 16.9.